The van der Waals surface area contributed by atoms with E-state index in [0.29, 0.717) is 17.9 Å². The average Bonchev–Trinajstić information content (AvgIpc) is 3.44. The number of hydrogen-bond donors (Lipinski definition) is 3. The Morgan fingerprint density at radius 3 is 2.75 bits per heavy atom. The first kappa shape index (κ1) is 17.6. The van der Waals surface area contributed by atoms with Crippen LogP contribution < -0.4 is 16.4 Å². The third kappa shape index (κ3) is 5.15. The van der Waals surface area contributed by atoms with Gasteiger partial charge in [-0.05, 0) is 68.9 Å². The summed E-state index contributed by atoms with van der Waals surface area (Å²) in [5, 5.41) is 7.09. The van der Waals surface area contributed by atoms with Crippen molar-refractivity contribution in [3.05, 3.63) is 24.3 Å². The van der Waals surface area contributed by atoms with Crippen LogP contribution in [0, 0.1) is 11.8 Å². The zero-order chi connectivity index (χ0) is 16.8. The molecule has 0 radical (unpaired) electrons. The quantitative estimate of drug-likeness (QED) is 0.418. The molecule has 2 atom stereocenters. The highest BCUT2D eigenvalue weighted by atomic mass is 32.2. The van der Waals surface area contributed by atoms with Crippen LogP contribution in [0.15, 0.2) is 34.2 Å². The lowest BCUT2D eigenvalue weighted by Gasteiger charge is -2.27. The number of anilines is 1. The predicted molar refractivity (Wildman–Crippen MR) is 105 cm³/mol. The number of rotatable bonds is 6. The smallest absolute Gasteiger partial charge is 0.196 e. The van der Waals surface area contributed by atoms with E-state index in [-0.39, 0.29) is 0 Å². The van der Waals surface area contributed by atoms with Crippen LogP contribution in [0.3, 0.4) is 0 Å². The van der Waals surface area contributed by atoms with Crippen molar-refractivity contribution in [2.45, 2.75) is 49.5 Å². The van der Waals surface area contributed by atoms with Crippen molar-refractivity contribution >= 4 is 23.4 Å². The van der Waals surface area contributed by atoms with Gasteiger partial charge in [0.1, 0.15) is 0 Å². The minimum absolute atomic E-state index is 0.598. The lowest BCUT2D eigenvalue weighted by molar-refractivity contribution is 0.277. The molecule has 2 fully saturated rings. The summed E-state index contributed by atoms with van der Waals surface area (Å²) in [4.78, 5) is 6.16. The summed E-state index contributed by atoms with van der Waals surface area (Å²) >= 11 is 1.76. The van der Waals surface area contributed by atoms with Crippen molar-refractivity contribution in [2.24, 2.45) is 22.6 Å². The van der Waals surface area contributed by atoms with Gasteiger partial charge in [-0.15, -0.1) is 11.8 Å². The van der Waals surface area contributed by atoms with Crippen LogP contribution in [-0.4, -0.2) is 31.3 Å². The third-order valence-corrected chi connectivity index (χ3v) is 5.81. The second kappa shape index (κ2) is 8.77. The van der Waals surface area contributed by atoms with Gasteiger partial charge in [0, 0.05) is 17.5 Å². The summed E-state index contributed by atoms with van der Waals surface area (Å²) in [6.07, 6.45) is 9.74. The lowest BCUT2D eigenvalue weighted by atomic mass is 9.81. The highest BCUT2D eigenvalue weighted by Gasteiger charge is 2.24. The van der Waals surface area contributed by atoms with Crippen molar-refractivity contribution in [2.75, 3.05) is 24.7 Å². The van der Waals surface area contributed by atoms with E-state index in [4.69, 9.17) is 10.7 Å². The van der Waals surface area contributed by atoms with Crippen LogP contribution in [0.4, 0.5) is 5.69 Å². The summed E-state index contributed by atoms with van der Waals surface area (Å²) < 4.78 is 0. The van der Waals surface area contributed by atoms with Crippen LogP contribution in [0.2, 0.25) is 0 Å². The molecule has 0 saturated heterocycles. The van der Waals surface area contributed by atoms with Crippen LogP contribution in [0.5, 0.6) is 0 Å². The molecule has 2 aliphatic rings. The number of benzene rings is 1. The number of aliphatic imine (C=N–C) groups is 1. The maximum absolute atomic E-state index is 5.87. The number of thioether (sulfide) groups is 1. The van der Waals surface area contributed by atoms with Crippen molar-refractivity contribution in [3.63, 3.8) is 0 Å². The fourth-order valence-corrected chi connectivity index (χ4v) is 3.97. The molecular formula is C19H30N4S. The standard InChI is InChI=1S/C19H30N4S/c1-24-18-8-3-2-7-17(18)23-19(22-16-9-10-16)21-13-15-6-4-5-14(11-15)12-20/h2-3,7-8,14-16H,4-6,9-13,20H2,1H3,(H2,21,22,23). The third-order valence-electron chi connectivity index (χ3n) is 5.01. The Kier molecular flexibility index (Phi) is 6.44. The molecule has 4 N–H and O–H groups in total. The zero-order valence-electron chi connectivity index (χ0n) is 14.6. The summed E-state index contributed by atoms with van der Waals surface area (Å²) in [5.41, 5.74) is 7.01. The molecule has 0 bridgehead atoms. The molecular weight excluding hydrogens is 316 g/mol. The molecule has 1 aromatic carbocycles. The molecule has 5 heteroatoms. The van der Waals surface area contributed by atoms with Gasteiger partial charge < -0.3 is 16.4 Å². The molecule has 132 valence electrons. The van der Waals surface area contributed by atoms with Gasteiger partial charge in [0.05, 0.1) is 5.69 Å². The highest BCUT2D eigenvalue weighted by Crippen LogP contribution is 2.29. The van der Waals surface area contributed by atoms with Crippen molar-refractivity contribution in [1.82, 2.24) is 5.32 Å². The van der Waals surface area contributed by atoms with Gasteiger partial charge in [0.25, 0.3) is 0 Å². The van der Waals surface area contributed by atoms with E-state index in [2.05, 4.69) is 41.2 Å². The SMILES string of the molecule is CSc1ccccc1NC(=NCC1CCCC(CN)C1)NC1CC1. The maximum atomic E-state index is 5.87. The van der Waals surface area contributed by atoms with Gasteiger partial charge in [-0.25, -0.2) is 0 Å². The Morgan fingerprint density at radius 2 is 2.00 bits per heavy atom. The fraction of sp³-hybridized carbons (Fsp3) is 0.632. The van der Waals surface area contributed by atoms with Gasteiger partial charge in [0.2, 0.25) is 0 Å². The van der Waals surface area contributed by atoms with Crippen LogP contribution in [0.1, 0.15) is 38.5 Å². The van der Waals surface area contributed by atoms with E-state index in [1.54, 1.807) is 11.8 Å². The highest BCUT2D eigenvalue weighted by molar-refractivity contribution is 7.98. The first-order valence-corrected chi connectivity index (χ1v) is 10.4. The normalized spacial score (nSPS) is 24.7. The van der Waals surface area contributed by atoms with E-state index >= 15 is 0 Å². The van der Waals surface area contributed by atoms with E-state index in [0.717, 1.165) is 24.7 Å². The summed E-state index contributed by atoms with van der Waals surface area (Å²) in [5.74, 6) is 2.32. The molecule has 0 heterocycles. The van der Waals surface area contributed by atoms with Gasteiger partial charge in [-0.1, -0.05) is 18.6 Å². The number of para-hydroxylation sites is 1. The topological polar surface area (TPSA) is 62.4 Å². The fourth-order valence-electron chi connectivity index (χ4n) is 3.42. The molecule has 2 unspecified atom stereocenters. The van der Waals surface area contributed by atoms with Crippen LogP contribution in [-0.2, 0) is 0 Å². The van der Waals surface area contributed by atoms with E-state index in [1.807, 2.05) is 0 Å². The molecule has 2 saturated carbocycles. The minimum Gasteiger partial charge on any atom is -0.353 e. The molecule has 3 rings (SSSR count). The number of nitrogens with one attached hydrogen (secondary N) is 2. The number of nitrogens with zero attached hydrogens (tertiary/aromatic N) is 1. The Hall–Kier alpha value is -1.20. The van der Waals surface area contributed by atoms with Crippen molar-refractivity contribution in [3.8, 4) is 0 Å². The van der Waals surface area contributed by atoms with E-state index in [1.165, 1.54) is 43.4 Å². The van der Waals surface area contributed by atoms with Gasteiger partial charge in [0.15, 0.2) is 5.96 Å². The lowest BCUT2D eigenvalue weighted by Crippen LogP contribution is -2.33. The van der Waals surface area contributed by atoms with E-state index < -0.39 is 0 Å². The number of guanidine groups is 1. The maximum Gasteiger partial charge on any atom is 0.196 e. The molecule has 4 nitrogen and oxygen atoms in total. The van der Waals surface area contributed by atoms with Gasteiger partial charge in [-0.3, -0.25) is 4.99 Å². The van der Waals surface area contributed by atoms with Crippen LogP contribution >= 0.6 is 11.8 Å². The molecule has 0 spiro atoms. The summed E-state index contributed by atoms with van der Waals surface area (Å²) in [6.45, 7) is 1.73. The number of hydrogen-bond acceptors (Lipinski definition) is 3. The molecule has 0 amide bonds. The monoisotopic (exact) mass is 346 g/mol. The summed E-state index contributed by atoms with van der Waals surface area (Å²) in [7, 11) is 0. The molecule has 0 aliphatic heterocycles. The second-order valence-electron chi connectivity index (χ2n) is 7.07. The van der Waals surface area contributed by atoms with E-state index in [9.17, 15) is 0 Å². The molecule has 0 aromatic heterocycles. The van der Waals surface area contributed by atoms with Gasteiger partial charge in [-0.2, -0.15) is 0 Å². The predicted octanol–water partition coefficient (Wildman–Crippen LogP) is 3.69. The summed E-state index contributed by atoms with van der Waals surface area (Å²) in [6, 6.07) is 9.03. The van der Waals surface area contributed by atoms with Crippen molar-refractivity contribution < 1.29 is 0 Å². The van der Waals surface area contributed by atoms with Crippen molar-refractivity contribution in [1.29, 1.82) is 0 Å². The Balaban J connectivity index is 1.64. The Bertz CT molecular complexity index is 556. The molecule has 24 heavy (non-hydrogen) atoms. The molecule has 2 aliphatic carbocycles. The number of nitrogens with two attached hydrogens (primary N) is 1. The largest absolute Gasteiger partial charge is 0.353 e. The minimum atomic E-state index is 0.598. The van der Waals surface area contributed by atoms with Gasteiger partial charge >= 0.3 is 0 Å². The first-order chi connectivity index (χ1) is 11.8. The van der Waals surface area contributed by atoms with Crippen LogP contribution in [0.25, 0.3) is 0 Å². The molecule has 1 aromatic rings. The second-order valence-corrected chi connectivity index (χ2v) is 7.92. The average molecular weight is 347 g/mol. The first-order valence-electron chi connectivity index (χ1n) is 9.19. The Labute approximate surface area is 150 Å². The Morgan fingerprint density at radius 1 is 1.21 bits per heavy atom. The zero-order valence-corrected chi connectivity index (χ0v) is 15.4.